The standard InChI is InChI=1S/C6H10O5S/c1-4-6(7)10-5(2)11-12(3,8)9/h4-5H,1H2,2-3H3. The zero-order valence-corrected chi connectivity index (χ0v) is 7.63. The van der Waals surface area contributed by atoms with Crippen molar-refractivity contribution in [2.75, 3.05) is 6.26 Å². The lowest BCUT2D eigenvalue weighted by Crippen LogP contribution is -2.19. The van der Waals surface area contributed by atoms with E-state index in [1.807, 2.05) is 0 Å². The minimum absolute atomic E-state index is 0.730. The molecule has 0 aliphatic carbocycles. The van der Waals surface area contributed by atoms with Crippen molar-refractivity contribution in [3.63, 3.8) is 0 Å². The summed E-state index contributed by atoms with van der Waals surface area (Å²) in [6, 6.07) is 0. The molecule has 70 valence electrons. The lowest BCUT2D eigenvalue weighted by atomic mass is 10.6. The molecular weight excluding hydrogens is 184 g/mol. The molecule has 0 heterocycles. The molecule has 12 heavy (non-hydrogen) atoms. The van der Waals surface area contributed by atoms with Gasteiger partial charge in [0.05, 0.1) is 6.26 Å². The fraction of sp³-hybridized carbons (Fsp3) is 0.500. The number of carbonyl (C=O) groups excluding carboxylic acids is 1. The second-order valence-corrected chi connectivity index (χ2v) is 3.61. The molecule has 0 saturated heterocycles. The number of carbonyl (C=O) groups is 1. The van der Waals surface area contributed by atoms with E-state index >= 15 is 0 Å². The van der Waals surface area contributed by atoms with Crippen molar-refractivity contribution < 1.29 is 22.1 Å². The molecule has 0 aromatic carbocycles. The van der Waals surface area contributed by atoms with Crippen LogP contribution in [0.5, 0.6) is 0 Å². The van der Waals surface area contributed by atoms with Crippen LogP contribution in [-0.4, -0.2) is 26.9 Å². The first-order valence-corrected chi connectivity index (χ1v) is 4.88. The molecule has 0 aromatic rings. The average Bonchev–Trinajstić information content (AvgIpc) is 1.82. The van der Waals surface area contributed by atoms with Gasteiger partial charge in [-0.2, -0.15) is 8.42 Å². The first-order valence-electron chi connectivity index (χ1n) is 3.06. The normalized spacial score (nSPS) is 13.5. The lowest BCUT2D eigenvalue weighted by molar-refractivity contribution is -0.154. The molecule has 6 heteroatoms. The van der Waals surface area contributed by atoms with E-state index < -0.39 is 22.4 Å². The third-order valence-electron chi connectivity index (χ3n) is 0.759. The molecule has 0 aliphatic heterocycles. The van der Waals surface area contributed by atoms with E-state index in [9.17, 15) is 13.2 Å². The summed E-state index contributed by atoms with van der Waals surface area (Å²) in [6.45, 7) is 4.42. The van der Waals surface area contributed by atoms with E-state index in [0.717, 1.165) is 12.3 Å². The van der Waals surface area contributed by atoms with Crippen LogP contribution in [0.3, 0.4) is 0 Å². The third-order valence-corrected chi connectivity index (χ3v) is 1.38. The van der Waals surface area contributed by atoms with E-state index in [0.29, 0.717) is 0 Å². The van der Waals surface area contributed by atoms with Crippen molar-refractivity contribution in [2.45, 2.75) is 13.2 Å². The molecule has 0 saturated carbocycles. The van der Waals surface area contributed by atoms with Gasteiger partial charge in [0, 0.05) is 6.08 Å². The largest absolute Gasteiger partial charge is 0.432 e. The topological polar surface area (TPSA) is 69.7 Å². The van der Waals surface area contributed by atoms with Crippen LogP contribution in [0, 0.1) is 0 Å². The van der Waals surface area contributed by atoms with Crippen molar-refractivity contribution in [1.82, 2.24) is 0 Å². The second-order valence-electron chi connectivity index (χ2n) is 2.01. The summed E-state index contributed by atoms with van der Waals surface area (Å²) in [5.74, 6) is -0.730. The molecule has 1 unspecified atom stereocenters. The molecule has 0 amide bonds. The first-order chi connectivity index (χ1) is 5.35. The number of esters is 1. The van der Waals surface area contributed by atoms with Gasteiger partial charge >= 0.3 is 5.97 Å². The minimum Gasteiger partial charge on any atom is -0.432 e. The Morgan fingerprint density at radius 1 is 1.58 bits per heavy atom. The SMILES string of the molecule is C=CC(=O)OC(C)OS(C)(=O)=O. The monoisotopic (exact) mass is 194 g/mol. The molecule has 0 bridgehead atoms. The maximum absolute atomic E-state index is 10.5. The first kappa shape index (κ1) is 11.1. The zero-order chi connectivity index (χ0) is 9.78. The van der Waals surface area contributed by atoms with Crippen molar-refractivity contribution in [3.8, 4) is 0 Å². The van der Waals surface area contributed by atoms with Gasteiger partial charge in [0.2, 0.25) is 6.29 Å². The summed E-state index contributed by atoms with van der Waals surface area (Å²) in [5.41, 5.74) is 0. The lowest BCUT2D eigenvalue weighted by Gasteiger charge is -2.09. The second kappa shape index (κ2) is 4.22. The van der Waals surface area contributed by atoms with Gasteiger partial charge in [-0.25, -0.2) is 8.98 Å². The molecule has 0 spiro atoms. The zero-order valence-electron chi connectivity index (χ0n) is 6.81. The van der Waals surface area contributed by atoms with Gasteiger partial charge in [0.15, 0.2) is 0 Å². The Hall–Kier alpha value is -0.880. The highest BCUT2D eigenvalue weighted by Gasteiger charge is 2.12. The van der Waals surface area contributed by atoms with Crippen LogP contribution >= 0.6 is 0 Å². The summed E-state index contributed by atoms with van der Waals surface area (Å²) in [4.78, 5) is 10.5. The van der Waals surface area contributed by atoms with Crippen molar-refractivity contribution >= 4 is 16.1 Å². The van der Waals surface area contributed by atoms with E-state index in [1.165, 1.54) is 6.92 Å². The van der Waals surface area contributed by atoms with Crippen molar-refractivity contribution in [3.05, 3.63) is 12.7 Å². The van der Waals surface area contributed by atoms with Gasteiger partial charge in [-0.1, -0.05) is 6.58 Å². The van der Waals surface area contributed by atoms with Gasteiger partial charge in [0.1, 0.15) is 0 Å². The molecule has 0 aliphatic rings. The summed E-state index contributed by atoms with van der Waals surface area (Å²) >= 11 is 0. The Kier molecular flexibility index (Phi) is 3.91. The van der Waals surface area contributed by atoms with E-state index in [2.05, 4.69) is 15.5 Å². The maximum Gasteiger partial charge on any atom is 0.332 e. The van der Waals surface area contributed by atoms with Crippen LogP contribution in [-0.2, 0) is 23.8 Å². The van der Waals surface area contributed by atoms with Gasteiger partial charge in [0.25, 0.3) is 10.1 Å². The fourth-order valence-corrected chi connectivity index (χ4v) is 1.01. The summed E-state index contributed by atoms with van der Waals surface area (Å²) in [5, 5.41) is 0. The molecule has 5 nitrogen and oxygen atoms in total. The van der Waals surface area contributed by atoms with E-state index in [4.69, 9.17) is 0 Å². The predicted octanol–water partition coefficient (Wildman–Crippen LogP) is 0.0378. The van der Waals surface area contributed by atoms with Crippen molar-refractivity contribution in [2.24, 2.45) is 0 Å². The van der Waals surface area contributed by atoms with Crippen molar-refractivity contribution in [1.29, 1.82) is 0 Å². The Morgan fingerprint density at radius 2 is 2.08 bits per heavy atom. The molecule has 0 radical (unpaired) electrons. The Morgan fingerprint density at radius 3 is 2.42 bits per heavy atom. The third kappa shape index (κ3) is 5.87. The van der Waals surface area contributed by atoms with E-state index in [-0.39, 0.29) is 0 Å². The Balaban J connectivity index is 3.99. The van der Waals surface area contributed by atoms with Crippen LogP contribution in [0.15, 0.2) is 12.7 Å². The highest BCUT2D eigenvalue weighted by molar-refractivity contribution is 7.86. The number of rotatable bonds is 4. The molecule has 0 rings (SSSR count). The fourth-order valence-electron chi connectivity index (χ4n) is 0.477. The molecule has 0 fully saturated rings. The van der Waals surface area contributed by atoms with Gasteiger partial charge in [-0.05, 0) is 6.92 Å². The number of hydrogen-bond donors (Lipinski definition) is 0. The smallest absolute Gasteiger partial charge is 0.332 e. The van der Waals surface area contributed by atoms with Crippen LogP contribution in [0.4, 0.5) is 0 Å². The molecule has 0 N–H and O–H groups in total. The summed E-state index contributed by atoms with van der Waals surface area (Å²) in [7, 11) is -3.59. The Labute approximate surface area is 71.1 Å². The van der Waals surface area contributed by atoms with Crippen LogP contribution in [0.2, 0.25) is 0 Å². The molecule has 1 atom stereocenters. The predicted molar refractivity (Wildman–Crippen MR) is 41.7 cm³/mol. The molecular formula is C6H10O5S. The molecule has 0 aromatic heterocycles. The Bertz CT molecular complexity index is 266. The van der Waals surface area contributed by atoms with Gasteiger partial charge in [-0.15, -0.1) is 0 Å². The van der Waals surface area contributed by atoms with Crippen LogP contribution in [0.25, 0.3) is 0 Å². The van der Waals surface area contributed by atoms with Gasteiger partial charge < -0.3 is 4.74 Å². The van der Waals surface area contributed by atoms with E-state index in [1.54, 1.807) is 0 Å². The highest BCUT2D eigenvalue weighted by Crippen LogP contribution is 1.99. The quantitative estimate of drug-likeness (QED) is 0.273. The van der Waals surface area contributed by atoms with Crippen LogP contribution < -0.4 is 0 Å². The highest BCUT2D eigenvalue weighted by atomic mass is 32.2. The summed E-state index contributed by atoms with van der Waals surface area (Å²) < 4.78 is 29.7. The average molecular weight is 194 g/mol. The van der Waals surface area contributed by atoms with Crippen LogP contribution in [0.1, 0.15) is 6.92 Å². The van der Waals surface area contributed by atoms with Gasteiger partial charge in [-0.3, -0.25) is 0 Å². The maximum atomic E-state index is 10.5. The summed E-state index contributed by atoms with van der Waals surface area (Å²) in [6.07, 6.45) is 0.665. The number of hydrogen-bond acceptors (Lipinski definition) is 5. The number of ether oxygens (including phenoxy) is 1. The minimum atomic E-state index is -3.59.